The molecule has 2 saturated heterocycles. The summed E-state index contributed by atoms with van der Waals surface area (Å²) in [5.74, 6) is -8.88. The molecular weight excluding hydrogens is 1000 g/mol. The lowest BCUT2D eigenvalue weighted by Crippen LogP contribution is -2.61. The Balaban J connectivity index is 1.77. The summed E-state index contributed by atoms with van der Waals surface area (Å²) in [6.45, 7) is 3.27. The van der Waals surface area contributed by atoms with E-state index >= 15 is 0 Å². The van der Waals surface area contributed by atoms with Gasteiger partial charge in [0, 0.05) is 36.3 Å². The Morgan fingerprint density at radius 2 is 1.49 bits per heavy atom. The molecule has 2 aliphatic heterocycles. The molecule has 410 valence electrons. The van der Waals surface area contributed by atoms with Gasteiger partial charge in [-0.2, -0.15) is 0 Å². The SMILES string of the molecule is CC[C@H](C)[C@@H]1NC(=O)[C@H](Cc2ccc(OC)cc2)NC(=O)CC2(CCCCC2)SSC[C@@H](C(=O)N2CCC[C@H]2C(=O)N[C@@H](CCCN)C(=O)NCC(N)=O)NC(=O)[C@H](CC(N)=O)NC(=O)[C@H](CCC(N)=O)NC1=O. The van der Waals surface area contributed by atoms with Gasteiger partial charge in [-0.3, -0.25) is 52.7 Å². The lowest BCUT2D eigenvalue weighted by Gasteiger charge is -2.37. The second kappa shape index (κ2) is 29.7. The lowest BCUT2D eigenvalue weighted by molar-refractivity contribution is -0.142. The smallest absolute Gasteiger partial charge is 0.246 e. The van der Waals surface area contributed by atoms with Crippen LogP contribution in [0.2, 0.25) is 0 Å². The maximum Gasteiger partial charge on any atom is 0.246 e. The van der Waals surface area contributed by atoms with Gasteiger partial charge in [0.1, 0.15) is 48.0 Å². The van der Waals surface area contributed by atoms with Crippen molar-refractivity contribution in [1.82, 2.24) is 42.1 Å². The molecule has 0 radical (unpaired) electrons. The first kappa shape index (κ1) is 60.4. The standard InChI is InChI=1S/C48H74N12O12S2/c1-4-27(2)40-46(70)56-31(16-17-36(50)61)42(66)57-33(23-37(51)62)43(67)58-34(47(71)60-21-9-11-35(60)45(69)55-30(10-8-20-49)41(65)53-25-38(52)63)26-73-74-48(18-6-5-7-19-48)24-39(64)54-32(44(68)59-40)22-28-12-14-29(72-3)15-13-28/h12-15,27,30-35,40H,4-11,16-26,49H2,1-3H3,(H2,50,61)(H2,51,62)(H2,52,63)(H,53,65)(H,54,64)(H,55,69)(H,56,70)(H,57,66)(H,58,67)(H,59,68)/t27-,30-,31-,32-,33-,34-,35-,40-/m0/s1. The van der Waals surface area contributed by atoms with E-state index in [1.165, 1.54) is 33.6 Å². The molecule has 0 aromatic heterocycles. The van der Waals surface area contributed by atoms with E-state index in [4.69, 9.17) is 27.7 Å². The maximum atomic E-state index is 14.8. The van der Waals surface area contributed by atoms with Crippen LogP contribution in [0.25, 0.3) is 0 Å². The van der Waals surface area contributed by atoms with Crippen molar-refractivity contribution >= 4 is 86.6 Å². The number of hydrogen-bond donors (Lipinski definition) is 11. The third kappa shape index (κ3) is 18.7. The number of nitrogens with one attached hydrogen (secondary N) is 7. The summed E-state index contributed by atoms with van der Waals surface area (Å²) in [5, 5.41) is 18.5. The van der Waals surface area contributed by atoms with Crippen LogP contribution in [-0.2, 0) is 59.2 Å². The van der Waals surface area contributed by atoms with Gasteiger partial charge < -0.3 is 69.8 Å². The minimum absolute atomic E-state index is 0.0199. The van der Waals surface area contributed by atoms with Gasteiger partial charge in [0.05, 0.1) is 20.1 Å². The van der Waals surface area contributed by atoms with Gasteiger partial charge in [0.15, 0.2) is 0 Å². The largest absolute Gasteiger partial charge is 0.497 e. The second-order valence-corrected chi connectivity index (χ2v) is 21.9. The molecule has 15 N–H and O–H groups in total. The summed E-state index contributed by atoms with van der Waals surface area (Å²) >= 11 is 0. The normalized spacial score (nSPS) is 24.1. The summed E-state index contributed by atoms with van der Waals surface area (Å²) < 4.78 is 4.60. The number of primary amides is 3. The van der Waals surface area contributed by atoms with Crippen molar-refractivity contribution in [1.29, 1.82) is 0 Å². The number of ether oxygens (including phenoxy) is 1. The molecule has 0 bridgehead atoms. The van der Waals surface area contributed by atoms with Crippen molar-refractivity contribution in [2.24, 2.45) is 28.9 Å². The first-order chi connectivity index (χ1) is 35.2. The summed E-state index contributed by atoms with van der Waals surface area (Å²) in [6.07, 6.45) is 3.39. The van der Waals surface area contributed by atoms with Gasteiger partial charge in [0.2, 0.25) is 65.0 Å². The monoisotopic (exact) mass is 1070 g/mol. The Morgan fingerprint density at radius 1 is 0.824 bits per heavy atom. The van der Waals surface area contributed by atoms with Crippen LogP contribution < -0.4 is 64.9 Å². The number of amides is 11. The third-order valence-electron chi connectivity index (χ3n) is 13.3. The van der Waals surface area contributed by atoms with E-state index in [0.717, 1.165) is 19.3 Å². The highest BCUT2D eigenvalue weighted by atomic mass is 33.1. The van der Waals surface area contributed by atoms with Gasteiger partial charge in [0.25, 0.3) is 0 Å². The zero-order valence-corrected chi connectivity index (χ0v) is 44.0. The predicted octanol–water partition coefficient (Wildman–Crippen LogP) is -1.85. The molecule has 1 aromatic carbocycles. The maximum absolute atomic E-state index is 14.8. The molecule has 8 atom stereocenters. The van der Waals surface area contributed by atoms with Gasteiger partial charge in [-0.05, 0) is 75.1 Å². The van der Waals surface area contributed by atoms with Crippen LogP contribution >= 0.6 is 21.6 Å². The number of methoxy groups -OCH3 is 1. The highest BCUT2D eigenvalue weighted by molar-refractivity contribution is 8.77. The summed E-state index contributed by atoms with van der Waals surface area (Å²) in [6, 6.07) is -2.52. The van der Waals surface area contributed by atoms with Gasteiger partial charge in [-0.1, -0.05) is 73.3 Å². The van der Waals surface area contributed by atoms with E-state index in [1.54, 1.807) is 38.1 Å². The Bertz CT molecular complexity index is 2180. The van der Waals surface area contributed by atoms with Crippen molar-refractivity contribution in [3.05, 3.63) is 29.8 Å². The van der Waals surface area contributed by atoms with E-state index < -0.39 is 137 Å². The summed E-state index contributed by atoms with van der Waals surface area (Å²) in [5.41, 5.74) is 22.6. The van der Waals surface area contributed by atoms with Crippen molar-refractivity contribution in [2.75, 3.05) is 32.5 Å². The molecule has 3 fully saturated rings. The van der Waals surface area contributed by atoms with Crippen LogP contribution in [0.15, 0.2) is 24.3 Å². The molecule has 26 heteroatoms. The van der Waals surface area contributed by atoms with Crippen molar-refractivity contribution in [2.45, 2.75) is 157 Å². The average molecular weight is 1080 g/mol. The number of carbonyl (C=O) groups is 11. The number of hydrogen-bond acceptors (Lipinski definition) is 15. The Kier molecular flexibility index (Phi) is 24.2. The molecule has 1 aliphatic carbocycles. The third-order valence-corrected chi connectivity index (χ3v) is 16.6. The number of nitrogens with zero attached hydrogens (tertiary/aromatic N) is 1. The number of nitrogens with two attached hydrogens (primary N) is 4. The molecule has 11 amide bonds. The van der Waals surface area contributed by atoms with Gasteiger partial charge >= 0.3 is 0 Å². The molecule has 1 spiro atoms. The first-order valence-electron chi connectivity index (χ1n) is 25.1. The summed E-state index contributed by atoms with van der Waals surface area (Å²) in [4.78, 5) is 151. The number of carbonyl (C=O) groups excluding carboxylic acids is 11. The molecule has 2 heterocycles. The average Bonchev–Trinajstić information content (AvgIpc) is 3.86. The van der Waals surface area contributed by atoms with Crippen LogP contribution in [0.3, 0.4) is 0 Å². The topological polar surface area (TPSA) is 389 Å². The van der Waals surface area contributed by atoms with E-state index in [0.29, 0.717) is 43.4 Å². The number of likely N-dealkylation sites (tertiary alicyclic amines) is 1. The van der Waals surface area contributed by atoms with Crippen molar-refractivity contribution < 1.29 is 57.5 Å². The molecule has 1 saturated carbocycles. The molecular formula is C48H74N12O12S2. The first-order valence-corrected chi connectivity index (χ1v) is 27.4. The van der Waals surface area contributed by atoms with E-state index in [2.05, 4.69) is 37.2 Å². The zero-order chi connectivity index (χ0) is 54.5. The van der Waals surface area contributed by atoms with Crippen LogP contribution in [0, 0.1) is 5.92 Å². The fourth-order valence-corrected chi connectivity index (χ4v) is 12.4. The quantitative estimate of drug-likeness (QED) is 0.0678. The Labute approximate surface area is 438 Å². The van der Waals surface area contributed by atoms with Crippen LogP contribution in [-0.4, -0.2) is 149 Å². The number of rotatable bonds is 19. The van der Waals surface area contributed by atoms with Crippen molar-refractivity contribution in [3.8, 4) is 5.75 Å². The molecule has 4 rings (SSSR count). The fraction of sp³-hybridized carbons (Fsp3) is 0.646. The fourth-order valence-electron chi connectivity index (χ4n) is 9.02. The highest BCUT2D eigenvalue weighted by Gasteiger charge is 2.42. The molecule has 3 aliphatic rings. The Morgan fingerprint density at radius 3 is 2.11 bits per heavy atom. The minimum Gasteiger partial charge on any atom is -0.497 e. The van der Waals surface area contributed by atoms with E-state index in [9.17, 15) is 52.7 Å². The predicted molar refractivity (Wildman–Crippen MR) is 276 cm³/mol. The van der Waals surface area contributed by atoms with Gasteiger partial charge in [-0.15, -0.1) is 0 Å². The lowest BCUT2D eigenvalue weighted by atomic mass is 9.85. The van der Waals surface area contributed by atoms with E-state index in [1.807, 2.05) is 0 Å². The highest BCUT2D eigenvalue weighted by Crippen LogP contribution is 2.48. The van der Waals surface area contributed by atoms with Crippen LogP contribution in [0.5, 0.6) is 5.75 Å². The minimum atomic E-state index is -1.73. The van der Waals surface area contributed by atoms with E-state index in [-0.39, 0.29) is 50.9 Å². The number of benzene rings is 1. The van der Waals surface area contributed by atoms with Crippen LogP contribution in [0.1, 0.15) is 109 Å². The Hall–Kier alpha value is -6.15. The molecule has 24 nitrogen and oxygen atoms in total. The molecule has 1 aromatic rings. The van der Waals surface area contributed by atoms with Crippen LogP contribution in [0.4, 0.5) is 0 Å². The molecule has 0 unspecified atom stereocenters. The summed E-state index contributed by atoms with van der Waals surface area (Å²) in [7, 11) is 4.06. The second-order valence-electron chi connectivity index (χ2n) is 19.1. The molecule has 74 heavy (non-hydrogen) atoms. The zero-order valence-electron chi connectivity index (χ0n) is 42.3. The van der Waals surface area contributed by atoms with Gasteiger partial charge in [-0.25, -0.2) is 0 Å². The van der Waals surface area contributed by atoms with Crippen molar-refractivity contribution in [3.63, 3.8) is 0 Å².